The Hall–Kier alpha value is -1.86. The van der Waals surface area contributed by atoms with Crippen molar-refractivity contribution in [3.8, 4) is 0 Å². The van der Waals surface area contributed by atoms with Gasteiger partial charge in [-0.2, -0.15) is 0 Å². The number of nitrogens with one attached hydrogen (secondary N) is 1. The van der Waals surface area contributed by atoms with E-state index in [1.807, 2.05) is 13.1 Å². The zero-order valence-electron chi connectivity index (χ0n) is 15.8. The lowest BCUT2D eigenvalue weighted by molar-refractivity contribution is -0.146. The lowest BCUT2D eigenvalue weighted by atomic mass is 9.86. The molecule has 146 valence electrons. The van der Waals surface area contributed by atoms with E-state index in [4.69, 9.17) is 4.74 Å². The SMILES string of the molecule is COC(=O)[C@H]1CC[C@H](NS(=O)(=O)c2ccc3cc(C4CC4)n(C)c3c2)CC1. The van der Waals surface area contributed by atoms with Gasteiger partial charge in [0, 0.05) is 24.3 Å². The monoisotopic (exact) mass is 390 g/mol. The number of aryl methyl sites for hydroxylation is 1. The molecular formula is C20H26N2O4S. The smallest absolute Gasteiger partial charge is 0.308 e. The van der Waals surface area contributed by atoms with Gasteiger partial charge in [-0.3, -0.25) is 4.79 Å². The molecule has 2 aliphatic rings. The minimum absolute atomic E-state index is 0.115. The summed E-state index contributed by atoms with van der Waals surface area (Å²) in [6, 6.07) is 7.38. The van der Waals surface area contributed by atoms with Crippen molar-refractivity contribution < 1.29 is 17.9 Å². The van der Waals surface area contributed by atoms with Crippen LogP contribution in [0.1, 0.15) is 50.1 Å². The van der Waals surface area contributed by atoms with E-state index in [1.54, 1.807) is 12.1 Å². The molecule has 27 heavy (non-hydrogen) atoms. The molecule has 1 heterocycles. The van der Waals surface area contributed by atoms with Crippen molar-refractivity contribution in [3.63, 3.8) is 0 Å². The Kier molecular flexibility index (Phi) is 4.76. The fourth-order valence-electron chi connectivity index (χ4n) is 4.17. The summed E-state index contributed by atoms with van der Waals surface area (Å²) in [4.78, 5) is 11.9. The summed E-state index contributed by atoms with van der Waals surface area (Å²) in [6.45, 7) is 0. The van der Waals surface area contributed by atoms with Gasteiger partial charge in [0.05, 0.1) is 17.9 Å². The van der Waals surface area contributed by atoms with Crippen molar-refractivity contribution in [1.82, 2.24) is 9.29 Å². The number of esters is 1. The highest BCUT2D eigenvalue weighted by atomic mass is 32.2. The van der Waals surface area contributed by atoms with Crippen molar-refractivity contribution in [2.75, 3.05) is 7.11 Å². The van der Waals surface area contributed by atoms with Crippen molar-refractivity contribution in [2.45, 2.75) is 55.4 Å². The number of methoxy groups -OCH3 is 1. The summed E-state index contributed by atoms with van der Waals surface area (Å²) in [6.07, 6.45) is 5.04. The van der Waals surface area contributed by atoms with Gasteiger partial charge in [-0.1, -0.05) is 6.07 Å². The highest BCUT2D eigenvalue weighted by molar-refractivity contribution is 7.89. The van der Waals surface area contributed by atoms with Crippen LogP contribution in [0.2, 0.25) is 0 Å². The van der Waals surface area contributed by atoms with Gasteiger partial charge in [-0.25, -0.2) is 13.1 Å². The molecule has 0 saturated heterocycles. The third kappa shape index (κ3) is 3.62. The van der Waals surface area contributed by atoms with Crippen molar-refractivity contribution >= 4 is 26.9 Å². The van der Waals surface area contributed by atoms with Crippen molar-refractivity contribution in [1.29, 1.82) is 0 Å². The van der Waals surface area contributed by atoms with Crippen LogP contribution >= 0.6 is 0 Å². The summed E-state index contributed by atoms with van der Waals surface area (Å²) in [5.74, 6) is 0.304. The van der Waals surface area contributed by atoms with Gasteiger partial charge in [0.2, 0.25) is 10.0 Å². The van der Waals surface area contributed by atoms with Gasteiger partial charge in [0.1, 0.15) is 0 Å². The molecule has 2 fully saturated rings. The third-order valence-corrected chi connectivity index (χ3v) is 7.46. The first-order valence-corrected chi connectivity index (χ1v) is 11.1. The highest BCUT2D eigenvalue weighted by Gasteiger charge is 2.30. The number of nitrogens with zero attached hydrogens (tertiary/aromatic N) is 1. The molecule has 0 spiro atoms. The number of carbonyl (C=O) groups excluding carboxylic acids is 1. The second-order valence-corrected chi connectivity index (χ2v) is 9.53. The summed E-state index contributed by atoms with van der Waals surface area (Å²) in [5, 5.41) is 1.08. The number of ether oxygens (including phenoxy) is 1. The molecule has 2 aromatic rings. The predicted molar refractivity (Wildman–Crippen MR) is 103 cm³/mol. The van der Waals surface area contributed by atoms with Gasteiger partial charge < -0.3 is 9.30 Å². The first-order chi connectivity index (χ1) is 12.9. The molecule has 0 atom stereocenters. The van der Waals surface area contributed by atoms with E-state index >= 15 is 0 Å². The molecule has 0 aliphatic heterocycles. The molecule has 0 bridgehead atoms. The Morgan fingerprint density at radius 3 is 2.44 bits per heavy atom. The van der Waals surface area contributed by atoms with E-state index in [-0.39, 0.29) is 17.9 Å². The molecule has 1 aromatic carbocycles. The number of benzene rings is 1. The second-order valence-electron chi connectivity index (χ2n) is 7.82. The molecule has 4 rings (SSSR count). The summed E-state index contributed by atoms with van der Waals surface area (Å²) >= 11 is 0. The molecule has 6 nitrogen and oxygen atoms in total. The van der Waals surface area contributed by atoms with Crippen LogP contribution in [0, 0.1) is 5.92 Å². The maximum absolute atomic E-state index is 12.9. The summed E-state index contributed by atoms with van der Waals surface area (Å²) in [7, 11) is -0.184. The van der Waals surface area contributed by atoms with Gasteiger partial charge in [-0.15, -0.1) is 0 Å². The average molecular weight is 391 g/mol. The molecule has 0 radical (unpaired) electrons. The topological polar surface area (TPSA) is 77.4 Å². The fourth-order valence-corrected chi connectivity index (χ4v) is 5.49. The van der Waals surface area contributed by atoms with Gasteiger partial charge in [0.25, 0.3) is 0 Å². The molecule has 2 saturated carbocycles. The van der Waals surface area contributed by atoms with Crippen LogP contribution in [0.3, 0.4) is 0 Å². The first kappa shape index (κ1) is 18.5. The van der Waals surface area contributed by atoms with Gasteiger partial charge >= 0.3 is 5.97 Å². The number of hydrogen-bond donors (Lipinski definition) is 1. The Balaban J connectivity index is 1.50. The molecular weight excluding hydrogens is 364 g/mol. The van der Waals surface area contributed by atoms with Gasteiger partial charge in [-0.05, 0) is 68.0 Å². The minimum Gasteiger partial charge on any atom is -0.469 e. The molecule has 7 heteroatoms. The van der Waals surface area contributed by atoms with E-state index < -0.39 is 10.0 Å². The van der Waals surface area contributed by atoms with E-state index in [2.05, 4.69) is 15.4 Å². The van der Waals surface area contributed by atoms with Crippen molar-refractivity contribution in [3.05, 3.63) is 30.0 Å². The van der Waals surface area contributed by atoms with E-state index in [0.29, 0.717) is 36.5 Å². The zero-order chi connectivity index (χ0) is 19.2. The maximum atomic E-state index is 12.9. The number of rotatable bonds is 5. The number of carbonyl (C=O) groups is 1. The van der Waals surface area contributed by atoms with Crippen LogP contribution in [0.4, 0.5) is 0 Å². The summed E-state index contributed by atoms with van der Waals surface area (Å²) in [5.41, 5.74) is 2.24. The quantitative estimate of drug-likeness (QED) is 0.796. The molecule has 0 amide bonds. The summed E-state index contributed by atoms with van der Waals surface area (Å²) < 4.78 is 35.5. The first-order valence-electron chi connectivity index (χ1n) is 9.58. The predicted octanol–water partition coefficient (Wildman–Crippen LogP) is 3.07. The standard InChI is InChI=1S/C20H26N2O4S/c1-22-18(13-3-4-13)11-15-7-10-17(12-19(15)22)27(24,25)21-16-8-5-14(6-9-16)20(23)26-2/h7,10-14,16,21H,3-6,8-9H2,1-2H3/t14-,16-. The van der Waals surface area contributed by atoms with E-state index in [0.717, 1.165) is 10.9 Å². The lowest BCUT2D eigenvalue weighted by Crippen LogP contribution is -2.38. The van der Waals surface area contributed by atoms with Crippen LogP contribution in [0.25, 0.3) is 10.9 Å². The Morgan fingerprint density at radius 1 is 1.11 bits per heavy atom. The average Bonchev–Trinajstić information content (AvgIpc) is 3.45. The Labute approximate surface area is 159 Å². The molecule has 2 aliphatic carbocycles. The number of fused-ring (bicyclic) bond motifs is 1. The normalized spacial score (nSPS) is 23.5. The van der Waals surface area contributed by atoms with Crippen LogP contribution in [0.15, 0.2) is 29.2 Å². The third-order valence-electron chi connectivity index (χ3n) is 5.94. The lowest BCUT2D eigenvalue weighted by Gasteiger charge is -2.27. The fraction of sp³-hybridized carbons (Fsp3) is 0.550. The second kappa shape index (κ2) is 6.95. The molecule has 0 unspecified atom stereocenters. The van der Waals surface area contributed by atoms with Crippen LogP contribution < -0.4 is 4.72 Å². The van der Waals surface area contributed by atoms with Crippen LogP contribution in [0.5, 0.6) is 0 Å². The van der Waals surface area contributed by atoms with Gasteiger partial charge in [0.15, 0.2) is 0 Å². The van der Waals surface area contributed by atoms with Crippen LogP contribution in [-0.4, -0.2) is 32.1 Å². The van der Waals surface area contributed by atoms with E-state index in [9.17, 15) is 13.2 Å². The largest absolute Gasteiger partial charge is 0.469 e. The highest BCUT2D eigenvalue weighted by Crippen LogP contribution is 2.42. The van der Waals surface area contributed by atoms with E-state index in [1.165, 1.54) is 25.6 Å². The van der Waals surface area contributed by atoms with Crippen LogP contribution in [-0.2, 0) is 26.6 Å². The molecule has 1 N–H and O–H groups in total. The Morgan fingerprint density at radius 2 is 1.81 bits per heavy atom. The zero-order valence-corrected chi connectivity index (χ0v) is 16.6. The number of sulfonamides is 1. The minimum atomic E-state index is -3.59. The molecule has 1 aromatic heterocycles. The number of aromatic nitrogens is 1. The number of hydrogen-bond acceptors (Lipinski definition) is 4. The Bertz CT molecular complexity index is 967. The van der Waals surface area contributed by atoms with Crippen molar-refractivity contribution in [2.24, 2.45) is 13.0 Å². The maximum Gasteiger partial charge on any atom is 0.308 e.